The van der Waals surface area contributed by atoms with Crippen LogP contribution in [0.5, 0.6) is 0 Å². The second kappa shape index (κ2) is 6.95. The van der Waals surface area contributed by atoms with E-state index in [1.54, 1.807) is 6.08 Å². The van der Waals surface area contributed by atoms with Crippen molar-refractivity contribution in [2.75, 3.05) is 33.0 Å². The summed E-state index contributed by atoms with van der Waals surface area (Å²) in [6.45, 7) is 3.11. The van der Waals surface area contributed by atoms with Gasteiger partial charge in [-0.25, -0.2) is 0 Å². The SMILES string of the molecule is O=C1S/C(=C/c2ccc(Br)cc2)C(=O)N1CN1CCOCC1. The predicted molar refractivity (Wildman–Crippen MR) is 89.2 cm³/mol. The number of thioether (sulfide) groups is 1. The molecule has 0 aromatic heterocycles. The van der Waals surface area contributed by atoms with Crippen molar-refractivity contribution in [1.29, 1.82) is 0 Å². The molecule has 0 unspecified atom stereocenters. The van der Waals surface area contributed by atoms with Crippen LogP contribution in [0.2, 0.25) is 0 Å². The molecule has 0 bridgehead atoms. The van der Waals surface area contributed by atoms with E-state index in [-0.39, 0.29) is 11.1 Å². The molecule has 0 aliphatic carbocycles. The summed E-state index contributed by atoms with van der Waals surface area (Å²) >= 11 is 4.37. The van der Waals surface area contributed by atoms with Crippen molar-refractivity contribution < 1.29 is 14.3 Å². The van der Waals surface area contributed by atoms with Crippen LogP contribution in [-0.2, 0) is 9.53 Å². The van der Waals surface area contributed by atoms with Crippen molar-refractivity contribution in [3.05, 3.63) is 39.2 Å². The summed E-state index contributed by atoms with van der Waals surface area (Å²) in [5.74, 6) is -0.218. The van der Waals surface area contributed by atoms with Gasteiger partial charge in [-0.15, -0.1) is 0 Å². The number of ether oxygens (including phenoxy) is 1. The molecular weight excluding hydrogens is 368 g/mol. The maximum Gasteiger partial charge on any atom is 0.294 e. The molecule has 1 aromatic carbocycles. The highest BCUT2D eigenvalue weighted by Gasteiger charge is 2.36. The second-order valence-electron chi connectivity index (χ2n) is 5.03. The van der Waals surface area contributed by atoms with E-state index in [1.165, 1.54) is 4.90 Å². The van der Waals surface area contributed by atoms with E-state index in [2.05, 4.69) is 20.8 Å². The molecule has 0 saturated carbocycles. The summed E-state index contributed by atoms with van der Waals surface area (Å²) in [6.07, 6.45) is 1.76. The molecular formula is C15H15BrN2O3S. The molecule has 2 saturated heterocycles. The van der Waals surface area contributed by atoms with E-state index < -0.39 is 0 Å². The van der Waals surface area contributed by atoms with Crippen molar-refractivity contribution >= 4 is 44.9 Å². The minimum absolute atomic E-state index is 0.208. The Kier molecular flexibility index (Phi) is 4.97. The van der Waals surface area contributed by atoms with E-state index in [9.17, 15) is 9.59 Å². The number of halogens is 1. The Morgan fingerprint density at radius 2 is 1.86 bits per heavy atom. The van der Waals surface area contributed by atoms with Crippen molar-refractivity contribution in [2.24, 2.45) is 0 Å². The monoisotopic (exact) mass is 382 g/mol. The number of hydrogen-bond acceptors (Lipinski definition) is 5. The summed E-state index contributed by atoms with van der Waals surface area (Å²) in [5, 5.41) is -0.208. The molecule has 5 nitrogen and oxygen atoms in total. The van der Waals surface area contributed by atoms with Gasteiger partial charge in [0.15, 0.2) is 0 Å². The third-order valence-corrected chi connectivity index (χ3v) is 4.92. The van der Waals surface area contributed by atoms with E-state index in [0.29, 0.717) is 24.8 Å². The molecule has 0 atom stereocenters. The summed E-state index contributed by atoms with van der Waals surface area (Å²) in [4.78, 5) is 28.3. The molecule has 7 heteroatoms. The first-order valence-electron chi connectivity index (χ1n) is 6.94. The number of imide groups is 1. The van der Waals surface area contributed by atoms with Gasteiger partial charge in [-0.05, 0) is 35.5 Å². The highest BCUT2D eigenvalue weighted by Crippen LogP contribution is 2.32. The quantitative estimate of drug-likeness (QED) is 0.752. The zero-order valence-corrected chi connectivity index (χ0v) is 14.2. The first kappa shape index (κ1) is 15.7. The van der Waals surface area contributed by atoms with Crippen LogP contribution >= 0.6 is 27.7 Å². The van der Waals surface area contributed by atoms with Gasteiger partial charge in [0.1, 0.15) is 0 Å². The van der Waals surface area contributed by atoms with Gasteiger partial charge in [0.2, 0.25) is 0 Å². The molecule has 0 radical (unpaired) electrons. The molecule has 2 aliphatic rings. The predicted octanol–water partition coefficient (Wildman–Crippen LogP) is 2.78. The van der Waals surface area contributed by atoms with Crippen molar-refractivity contribution in [1.82, 2.24) is 9.80 Å². The summed E-state index contributed by atoms with van der Waals surface area (Å²) in [7, 11) is 0. The average Bonchev–Trinajstić information content (AvgIpc) is 2.78. The molecule has 2 aliphatic heterocycles. The fourth-order valence-electron chi connectivity index (χ4n) is 2.27. The third kappa shape index (κ3) is 3.60. The molecule has 22 heavy (non-hydrogen) atoms. The smallest absolute Gasteiger partial charge is 0.294 e. The van der Waals surface area contributed by atoms with E-state index in [0.717, 1.165) is 34.9 Å². The molecule has 1 aromatic rings. The van der Waals surface area contributed by atoms with Crippen LogP contribution in [0.4, 0.5) is 4.79 Å². The van der Waals surface area contributed by atoms with Crippen LogP contribution in [-0.4, -0.2) is 53.9 Å². The van der Waals surface area contributed by atoms with Crippen molar-refractivity contribution in [3.8, 4) is 0 Å². The standard InChI is InChI=1S/C15H15BrN2O3S/c16-12-3-1-11(2-4-12)9-13-14(19)18(15(20)22-13)10-17-5-7-21-8-6-17/h1-4,9H,5-8,10H2/b13-9+. The maximum absolute atomic E-state index is 12.4. The molecule has 0 spiro atoms. The van der Waals surface area contributed by atoms with Gasteiger partial charge in [-0.1, -0.05) is 28.1 Å². The van der Waals surface area contributed by atoms with Crippen LogP contribution in [0.15, 0.2) is 33.6 Å². The van der Waals surface area contributed by atoms with Gasteiger partial charge in [0, 0.05) is 17.6 Å². The molecule has 116 valence electrons. The van der Waals surface area contributed by atoms with Crippen molar-refractivity contribution in [2.45, 2.75) is 0 Å². The van der Waals surface area contributed by atoms with Gasteiger partial charge < -0.3 is 4.74 Å². The lowest BCUT2D eigenvalue weighted by Gasteiger charge is -2.29. The molecule has 2 fully saturated rings. The van der Waals surface area contributed by atoms with Crippen molar-refractivity contribution in [3.63, 3.8) is 0 Å². The number of rotatable bonds is 3. The molecule has 3 rings (SSSR count). The van der Waals surface area contributed by atoms with Crippen LogP contribution in [0.3, 0.4) is 0 Å². The Bertz CT molecular complexity index is 612. The van der Waals surface area contributed by atoms with Gasteiger partial charge >= 0.3 is 0 Å². The largest absolute Gasteiger partial charge is 0.379 e. The lowest BCUT2D eigenvalue weighted by Crippen LogP contribution is -2.45. The topological polar surface area (TPSA) is 49.9 Å². The van der Waals surface area contributed by atoms with Crippen LogP contribution in [0, 0.1) is 0 Å². The number of amides is 2. The van der Waals surface area contributed by atoms with Gasteiger partial charge in [0.05, 0.1) is 24.8 Å². The van der Waals surface area contributed by atoms with E-state index >= 15 is 0 Å². The summed E-state index contributed by atoms with van der Waals surface area (Å²) in [5.41, 5.74) is 0.903. The fourth-order valence-corrected chi connectivity index (χ4v) is 3.37. The normalized spacial score (nSPS) is 21.9. The average molecular weight is 383 g/mol. The second-order valence-corrected chi connectivity index (χ2v) is 6.94. The number of benzene rings is 1. The minimum Gasteiger partial charge on any atom is -0.379 e. The minimum atomic E-state index is -0.218. The van der Waals surface area contributed by atoms with Gasteiger partial charge in [0.25, 0.3) is 11.1 Å². The summed E-state index contributed by atoms with van der Waals surface area (Å²) in [6, 6.07) is 7.62. The number of nitrogens with zero attached hydrogens (tertiary/aromatic N) is 2. The molecule has 0 N–H and O–H groups in total. The third-order valence-electron chi connectivity index (χ3n) is 3.49. The van der Waals surface area contributed by atoms with Gasteiger partial charge in [-0.3, -0.25) is 19.4 Å². The number of carbonyl (C=O) groups is 2. The van der Waals surface area contributed by atoms with E-state index in [4.69, 9.17) is 4.74 Å². The Balaban J connectivity index is 1.71. The Labute approximate surface area is 141 Å². The highest BCUT2D eigenvalue weighted by atomic mass is 79.9. The first-order chi connectivity index (χ1) is 10.6. The first-order valence-corrected chi connectivity index (χ1v) is 8.55. The van der Waals surface area contributed by atoms with Crippen LogP contribution in [0.1, 0.15) is 5.56 Å². The van der Waals surface area contributed by atoms with Gasteiger partial charge in [-0.2, -0.15) is 0 Å². The number of hydrogen-bond donors (Lipinski definition) is 0. The molecule has 2 amide bonds. The maximum atomic E-state index is 12.4. The number of morpholine rings is 1. The van der Waals surface area contributed by atoms with E-state index in [1.807, 2.05) is 24.3 Å². The number of carbonyl (C=O) groups excluding carboxylic acids is 2. The zero-order valence-electron chi connectivity index (χ0n) is 11.8. The lowest BCUT2D eigenvalue weighted by atomic mass is 10.2. The Morgan fingerprint density at radius 1 is 1.18 bits per heavy atom. The summed E-state index contributed by atoms with van der Waals surface area (Å²) < 4.78 is 6.25. The highest BCUT2D eigenvalue weighted by molar-refractivity contribution is 9.10. The Hall–Kier alpha value is -1.15. The zero-order chi connectivity index (χ0) is 15.5. The Morgan fingerprint density at radius 3 is 2.55 bits per heavy atom. The fraction of sp³-hybridized carbons (Fsp3) is 0.333. The van der Waals surface area contributed by atoms with Crippen LogP contribution < -0.4 is 0 Å². The van der Waals surface area contributed by atoms with Crippen LogP contribution in [0.25, 0.3) is 6.08 Å². The lowest BCUT2D eigenvalue weighted by molar-refractivity contribution is -0.125. The molecule has 2 heterocycles.